The molecule has 0 saturated carbocycles. The van der Waals surface area contributed by atoms with Crippen LogP contribution in [0.2, 0.25) is 0 Å². The van der Waals surface area contributed by atoms with E-state index in [1.54, 1.807) is 17.8 Å². The smallest absolute Gasteiger partial charge is 0.321 e. The molecule has 6 nitrogen and oxygen atoms in total. The van der Waals surface area contributed by atoms with E-state index in [0.29, 0.717) is 11.7 Å². The van der Waals surface area contributed by atoms with Gasteiger partial charge < -0.3 is 9.73 Å². The highest BCUT2D eigenvalue weighted by Gasteiger charge is 2.17. The van der Waals surface area contributed by atoms with Gasteiger partial charge in [-0.3, -0.25) is 10.2 Å². The molecule has 102 valence electrons. The Hall–Kier alpha value is -1.86. The second-order valence-corrected chi connectivity index (χ2v) is 5.06. The van der Waals surface area contributed by atoms with Crippen molar-refractivity contribution in [1.29, 1.82) is 0 Å². The summed E-state index contributed by atoms with van der Waals surface area (Å²) >= 11 is 1.38. The molecule has 0 radical (unpaired) electrons. The average molecular weight is 280 g/mol. The molecular formula is C12H16N4O2S. The fourth-order valence-electron chi connectivity index (χ4n) is 1.63. The Balaban J connectivity index is 1.87. The maximum Gasteiger partial charge on any atom is 0.321 e. The van der Waals surface area contributed by atoms with Gasteiger partial charge in [-0.2, -0.15) is 0 Å². The Morgan fingerprint density at radius 1 is 1.58 bits per heavy atom. The van der Waals surface area contributed by atoms with E-state index >= 15 is 0 Å². The van der Waals surface area contributed by atoms with Crippen LogP contribution < -0.4 is 10.6 Å². The van der Waals surface area contributed by atoms with Gasteiger partial charge in [0.15, 0.2) is 5.13 Å². The molecule has 0 saturated heterocycles. The number of furan rings is 1. The molecule has 2 amide bonds. The van der Waals surface area contributed by atoms with Gasteiger partial charge in [0.2, 0.25) is 0 Å². The van der Waals surface area contributed by atoms with Crippen molar-refractivity contribution in [1.82, 2.24) is 15.2 Å². The third-order valence-corrected chi connectivity index (χ3v) is 3.29. The highest BCUT2D eigenvalue weighted by atomic mass is 32.1. The van der Waals surface area contributed by atoms with E-state index in [0.717, 1.165) is 5.76 Å². The Labute approximate surface area is 115 Å². The van der Waals surface area contributed by atoms with E-state index in [1.807, 2.05) is 31.1 Å². The number of rotatable bonds is 5. The zero-order valence-corrected chi connectivity index (χ0v) is 11.6. The van der Waals surface area contributed by atoms with Gasteiger partial charge in [-0.1, -0.05) is 0 Å². The summed E-state index contributed by atoms with van der Waals surface area (Å²) in [6.07, 6.45) is 3.27. The van der Waals surface area contributed by atoms with Gasteiger partial charge in [-0.15, -0.1) is 11.3 Å². The highest BCUT2D eigenvalue weighted by Crippen LogP contribution is 2.17. The van der Waals surface area contributed by atoms with Crippen molar-refractivity contribution in [2.75, 3.05) is 26.0 Å². The number of carbonyl (C=O) groups excluding carboxylic acids is 1. The topological polar surface area (TPSA) is 70.4 Å². The first-order valence-electron chi connectivity index (χ1n) is 5.81. The minimum atomic E-state index is -0.270. The Morgan fingerprint density at radius 3 is 3.00 bits per heavy atom. The molecule has 2 aromatic heterocycles. The molecule has 2 aromatic rings. The summed E-state index contributed by atoms with van der Waals surface area (Å²) in [4.78, 5) is 17.7. The first-order valence-corrected chi connectivity index (χ1v) is 6.69. The zero-order valence-electron chi connectivity index (χ0n) is 10.8. The fraction of sp³-hybridized carbons (Fsp3) is 0.333. The fourth-order valence-corrected chi connectivity index (χ4v) is 2.16. The van der Waals surface area contributed by atoms with E-state index in [-0.39, 0.29) is 12.1 Å². The normalized spacial score (nSPS) is 12.4. The monoisotopic (exact) mass is 280 g/mol. The largest absolute Gasteiger partial charge is 0.468 e. The van der Waals surface area contributed by atoms with E-state index in [1.165, 1.54) is 11.3 Å². The molecule has 1 atom stereocenters. The molecule has 0 aliphatic heterocycles. The summed E-state index contributed by atoms with van der Waals surface area (Å²) in [5, 5.41) is 7.86. The quantitative estimate of drug-likeness (QED) is 0.880. The maximum atomic E-state index is 11.7. The number of urea groups is 1. The molecule has 0 aliphatic rings. The highest BCUT2D eigenvalue weighted by molar-refractivity contribution is 7.13. The number of nitrogens with zero attached hydrogens (tertiary/aromatic N) is 2. The van der Waals surface area contributed by atoms with Crippen LogP contribution in [0.4, 0.5) is 9.93 Å². The first kappa shape index (κ1) is 13.6. The molecule has 0 bridgehead atoms. The van der Waals surface area contributed by atoms with E-state index in [9.17, 15) is 4.79 Å². The van der Waals surface area contributed by atoms with Gasteiger partial charge in [0.1, 0.15) is 5.76 Å². The van der Waals surface area contributed by atoms with Crippen molar-refractivity contribution in [2.24, 2.45) is 0 Å². The van der Waals surface area contributed by atoms with Gasteiger partial charge in [0.05, 0.1) is 12.3 Å². The molecule has 19 heavy (non-hydrogen) atoms. The Morgan fingerprint density at radius 2 is 2.42 bits per heavy atom. The van der Waals surface area contributed by atoms with Crippen LogP contribution in [0.1, 0.15) is 11.8 Å². The van der Waals surface area contributed by atoms with Gasteiger partial charge >= 0.3 is 6.03 Å². The zero-order chi connectivity index (χ0) is 13.7. The standard InChI is InChI=1S/C12H16N4O2S/c1-16(2)9(10-4-3-6-18-10)8-14-11(17)15-12-13-5-7-19-12/h3-7,9H,8H2,1-2H3,(H2,13,14,15,17)/t9-/m1/s1. The number of nitrogens with one attached hydrogen (secondary N) is 2. The number of thiazole rings is 1. The lowest BCUT2D eigenvalue weighted by molar-refractivity contribution is 0.233. The van der Waals surface area contributed by atoms with E-state index in [2.05, 4.69) is 15.6 Å². The van der Waals surface area contributed by atoms with Gasteiger partial charge in [0, 0.05) is 18.1 Å². The minimum absolute atomic E-state index is 0.00274. The summed E-state index contributed by atoms with van der Waals surface area (Å²) in [5.41, 5.74) is 0. The molecular weight excluding hydrogens is 264 g/mol. The van der Waals surface area contributed by atoms with E-state index < -0.39 is 0 Å². The number of hydrogen-bond donors (Lipinski definition) is 2. The number of hydrogen-bond acceptors (Lipinski definition) is 5. The van der Waals surface area contributed by atoms with Crippen LogP contribution in [-0.2, 0) is 0 Å². The Kier molecular flexibility index (Phi) is 4.53. The lowest BCUT2D eigenvalue weighted by Crippen LogP contribution is -2.36. The van der Waals surface area contributed by atoms with Crippen molar-refractivity contribution < 1.29 is 9.21 Å². The lowest BCUT2D eigenvalue weighted by atomic mass is 10.2. The summed E-state index contributed by atoms with van der Waals surface area (Å²) in [6.45, 7) is 0.456. The minimum Gasteiger partial charge on any atom is -0.468 e. The molecule has 2 heterocycles. The Bertz CT molecular complexity index is 496. The number of aromatic nitrogens is 1. The summed E-state index contributed by atoms with van der Waals surface area (Å²) in [7, 11) is 3.88. The second kappa shape index (κ2) is 6.35. The number of amides is 2. The molecule has 0 aromatic carbocycles. The predicted molar refractivity (Wildman–Crippen MR) is 74.3 cm³/mol. The van der Waals surface area contributed by atoms with Crippen LogP contribution in [0, 0.1) is 0 Å². The van der Waals surface area contributed by atoms with Crippen LogP contribution in [0.5, 0.6) is 0 Å². The van der Waals surface area contributed by atoms with Crippen molar-refractivity contribution in [3.63, 3.8) is 0 Å². The van der Waals surface area contributed by atoms with E-state index in [4.69, 9.17) is 4.42 Å². The number of carbonyl (C=O) groups is 1. The van der Waals surface area contributed by atoms with Crippen molar-refractivity contribution in [3.05, 3.63) is 35.7 Å². The molecule has 2 rings (SSSR count). The van der Waals surface area contributed by atoms with Crippen LogP contribution in [-0.4, -0.2) is 36.6 Å². The molecule has 0 aliphatic carbocycles. The van der Waals surface area contributed by atoms with Crippen LogP contribution >= 0.6 is 11.3 Å². The maximum absolute atomic E-state index is 11.7. The molecule has 0 unspecified atom stereocenters. The lowest BCUT2D eigenvalue weighted by Gasteiger charge is -2.22. The molecule has 2 N–H and O–H groups in total. The van der Waals surface area contributed by atoms with Crippen LogP contribution in [0.15, 0.2) is 34.4 Å². The predicted octanol–water partition coefficient (Wildman–Crippen LogP) is 2.16. The first-order chi connectivity index (χ1) is 9.16. The van der Waals surface area contributed by atoms with Gasteiger partial charge in [-0.25, -0.2) is 9.78 Å². The third kappa shape index (κ3) is 3.80. The third-order valence-electron chi connectivity index (χ3n) is 2.60. The number of anilines is 1. The summed E-state index contributed by atoms with van der Waals surface area (Å²) in [6, 6.07) is 3.46. The van der Waals surface area contributed by atoms with Crippen LogP contribution in [0.3, 0.4) is 0 Å². The SMILES string of the molecule is CN(C)[C@H](CNC(=O)Nc1nccs1)c1ccco1. The van der Waals surface area contributed by atoms with Crippen LogP contribution in [0.25, 0.3) is 0 Å². The van der Waals surface area contributed by atoms with Gasteiger partial charge in [-0.05, 0) is 26.2 Å². The van der Waals surface area contributed by atoms with Crippen molar-refractivity contribution >= 4 is 22.5 Å². The molecule has 0 spiro atoms. The van der Waals surface area contributed by atoms with Crippen molar-refractivity contribution in [2.45, 2.75) is 6.04 Å². The summed E-state index contributed by atoms with van der Waals surface area (Å²) in [5.74, 6) is 0.819. The molecule has 0 fully saturated rings. The molecule has 7 heteroatoms. The van der Waals surface area contributed by atoms with Gasteiger partial charge in [0.25, 0.3) is 0 Å². The second-order valence-electron chi connectivity index (χ2n) is 4.17. The summed E-state index contributed by atoms with van der Waals surface area (Å²) < 4.78 is 5.37. The average Bonchev–Trinajstić information content (AvgIpc) is 3.01. The number of likely N-dealkylation sites (N-methyl/N-ethyl adjacent to an activating group) is 1. The van der Waals surface area contributed by atoms with Crippen molar-refractivity contribution in [3.8, 4) is 0 Å².